The number of methoxy groups -OCH3 is 1. The summed E-state index contributed by atoms with van der Waals surface area (Å²) in [5, 5.41) is 16.9. The second-order valence-corrected chi connectivity index (χ2v) is 3.40. The fraction of sp³-hybridized carbons (Fsp3) is 0.182. The Morgan fingerprint density at radius 2 is 2.06 bits per heavy atom. The lowest BCUT2D eigenvalue weighted by molar-refractivity contribution is 0.0689. The number of benzene rings is 1. The van der Waals surface area contributed by atoms with Crippen LogP contribution in [0.25, 0.3) is 5.69 Å². The number of nitrogens with zero attached hydrogens (tertiary/aromatic N) is 3. The van der Waals surface area contributed by atoms with Crippen molar-refractivity contribution in [3.63, 3.8) is 0 Å². The Morgan fingerprint density at radius 3 is 2.65 bits per heavy atom. The summed E-state index contributed by atoms with van der Waals surface area (Å²) in [5.41, 5.74) is 0.907. The van der Waals surface area contributed by atoms with Gasteiger partial charge in [0.15, 0.2) is 5.69 Å². The van der Waals surface area contributed by atoms with Gasteiger partial charge in [0, 0.05) is 0 Å². The molecule has 88 valence electrons. The van der Waals surface area contributed by atoms with Gasteiger partial charge in [0.25, 0.3) is 0 Å². The molecule has 0 unspecified atom stereocenters. The third kappa shape index (κ3) is 1.96. The van der Waals surface area contributed by atoms with E-state index in [1.54, 1.807) is 25.1 Å². The van der Waals surface area contributed by atoms with E-state index in [0.29, 0.717) is 17.1 Å². The van der Waals surface area contributed by atoms with Gasteiger partial charge in [0.1, 0.15) is 11.4 Å². The lowest BCUT2D eigenvalue weighted by Gasteiger charge is -2.05. The van der Waals surface area contributed by atoms with Crippen molar-refractivity contribution >= 4 is 5.97 Å². The van der Waals surface area contributed by atoms with Crippen molar-refractivity contribution < 1.29 is 14.6 Å². The molecule has 0 atom stereocenters. The summed E-state index contributed by atoms with van der Waals surface area (Å²) in [6.07, 6.45) is 0. The molecule has 6 nitrogen and oxygen atoms in total. The quantitative estimate of drug-likeness (QED) is 0.864. The van der Waals surface area contributed by atoms with Gasteiger partial charge >= 0.3 is 5.97 Å². The number of aryl methyl sites for hydroxylation is 1. The number of carboxylic acids is 1. The molecule has 1 heterocycles. The first kappa shape index (κ1) is 11.1. The highest BCUT2D eigenvalue weighted by atomic mass is 16.5. The zero-order chi connectivity index (χ0) is 12.4. The molecule has 0 saturated heterocycles. The molecule has 1 N–H and O–H groups in total. The molecule has 2 rings (SSSR count). The predicted molar refractivity (Wildman–Crippen MR) is 59.6 cm³/mol. The van der Waals surface area contributed by atoms with Crippen LogP contribution in [0.4, 0.5) is 0 Å². The highest BCUT2D eigenvalue weighted by molar-refractivity contribution is 5.86. The molecule has 1 aromatic carbocycles. The van der Waals surface area contributed by atoms with Gasteiger partial charge in [-0.2, -0.15) is 5.10 Å². The summed E-state index contributed by atoms with van der Waals surface area (Å²) in [7, 11) is 1.54. The molecule has 0 fully saturated rings. The van der Waals surface area contributed by atoms with Crippen molar-refractivity contribution in [3.05, 3.63) is 35.7 Å². The summed E-state index contributed by atoms with van der Waals surface area (Å²) >= 11 is 0. The summed E-state index contributed by atoms with van der Waals surface area (Å²) in [4.78, 5) is 12.1. The Hall–Kier alpha value is -2.37. The third-order valence-corrected chi connectivity index (χ3v) is 2.29. The molecule has 0 radical (unpaired) electrons. The van der Waals surface area contributed by atoms with Crippen molar-refractivity contribution in [2.75, 3.05) is 7.11 Å². The van der Waals surface area contributed by atoms with Crippen LogP contribution in [0, 0.1) is 6.92 Å². The Bertz CT molecular complexity index is 563. The van der Waals surface area contributed by atoms with Crippen LogP contribution in [0.1, 0.15) is 16.2 Å². The van der Waals surface area contributed by atoms with Crippen LogP contribution in [0.2, 0.25) is 0 Å². The molecule has 0 amide bonds. The van der Waals surface area contributed by atoms with E-state index in [2.05, 4.69) is 10.2 Å². The van der Waals surface area contributed by atoms with Gasteiger partial charge in [-0.15, -0.1) is 9.90 Å². The van der Waals surface area contributed by atoms with Crippen LogP contribution in [-0.4, -0.2) is 33.2 Å². The molecule has 0 bridgehead atoms. The fourth-order valence-corrected chi connectivity index (χ4v) is 1.48. The number of para-hydroxylation sites is 2. The average Bonchev–Trinajstić information content (AvgIpc) is 2.71. The minimum absolute atomic E-state index is 0.0593. The molecule has 0 aliphatic rings. The third-order valence-electron chi connectivity index (χ3n) is 2.29. The van der Waals surface area contributed by atoms with Crippen LogP contribution < -0.4 is 4.74 Å². The highest BCUT2D eigenvalue weighted by Crippen LogP contribution is 2.20. The van der Waals surface area contributed by atoms with Crippen molar-refractivity contribution in [2.45, 2.75) is 6.92 Å². The maximum atomic E-state index is 10.9. The SMILES string of the molecule is COc1ccccc1-n1nc(C)c(C(=O)O)n1. The molecule has 0 aliphatic carbocycles. The fourth-order valence-electron chi connectivity index (χ4n) is 1.48. The molecule has 1 aromatic heterocycles. The number of rotatable bonds is 3. The smallest absolute Gasteiger partial charge is 0.358 e. The summed E-state index contributed by atoms with van der Waals surface area (Å²) < 4.78 is 5.16. The largest absolute Gasteiger partial charge is 0.494 e. The molecule has 0 aliphatic heterocycles. The van der Waals surface area contributed by atoms with Crippen molar-refractivity contribution in [1.82, 2.24) is 15.0 Å². The molecule has 2 aromatic rings. The van der Waals surface area contributed by atoms with E-state index in [-0.39, 0.29) is 5.69 Å². The van der Waals surface area contributed by atoms with Gasteiger partial charge in [-0.25, -0.2) is 4.79 Å². The monoisotopic (exact) mass is 233 g/mol. The first-order chi connectivity index (χ1) is 8.13. The van der Waals surface area contributed by atoms with E-state index in [1.807, 2.05) is 6.07 Å². The summed E-state index contributed by atoms with van der Waals surface area (Å²) in [6.45, 7) is 1.60. The Balaban J connectivity index is 2.53. The number of aromatic nitrogens is 3. The lowest BCUT2D eigenvalue weighted by atomic mass is 10.3. The van der Waals surface area contributed by atoms with Gasteiger partial charge in [0.05, 0.1) is 12.8 Å². The normalized spacial score (nSPS) is 10.2. The van der Waals surface area contributed by atoms with Gasteiger partial charge in [-0.1, -0.05) is 12.1 Å². The number of carbonyl (C=O) groups is 1. The van der Waals surface area contributed by atoms with Crippen LogP contribution in [0.15, 0.2) is 24.3 Å². The predicted octanol–water partition coefficient (Wildman–Crippen LogP) is 1.28. The molecule has 0 saturated carbocycles. The average molecular weight is 233 g/mol. The van der Waals surface area contributed by atoms with Gasteiger partial charge in [-0.3, -0.25) is 0 Å². The number of carboxylic acid groups (broad SMARTS) is 1. The highest BCUT2D eigenvalue weighted by Gasteiger charge is 2.16. The first-order valence-electron chi connectivity index (χ1n) is 4.94. The minimum atomic E-state index is -1.09. The molecular formula is C11H11N3O3. The van der Waals surface area contributed by atoms with Gasteiger partial charge in [0.2, 0.25) is 0 Å². The zero-order valence-corrected chi connectivity index (χ0v) is 9.41. The number of aromatic carboxylic acids is 1. The standard InChI is InChI=1S/C11H11N3O3/c1-7-10(11(15)16)13-14(12-7)8-5-3-4-6-9(8)17-2/h3-6H,1-2H3,(H,15,16). The number of ether oxygens (including phenoxy) is 1. The van der Waals surface area contributed by atoms with Crippen molar-refractivity contribution in [3.8, 4) is 11.4 Å². The minimum Gasteiger partial charge on any atom is -0.494 e. The molecular weight excluding hydrogens is 222 g/mol. The van der Waals surface area contributed by atoms with E-state index in [1.165, 1.54) is 11.9 Å². The second kappa shape index (κ2) is 4.25. The topological polar surface area (TPSA) is 77.2 Å². The van der Waals surface area contributed by atoms with Crippen molar-refractivity contribution in [1.29, 1.82) is 0 Å². The Labute approximate surface area is 97.4 Å². The first-order valence-corrected chi connectivity index (χ1v) is 4.94. The maximum absolute atomic E-state index is 10.9. The second-order valence-electron chi connectivity index (χ2n) is 3.40. The molecule has 6 heteroatoms. The van der Waals surface area contributed by atoms with Gasteiger partial charge < -0.3 is 9.84 Å². The lowest BCUT2D eigenvalue weighted by Crippen LogP contribution is -2.03. The van der Waals surface area contributed by atoms with Crippen LogP contribution in [-0.2, 0) is 0 Å². The van der Waals surface area contributed by atoms with Crippen LogP contribution in [0.5, 0.6) is 5.75 Å². The Morgan fingerprint density at radius 1 is 1.35 bits per heavy atom. The number of hydrogen-bond acceptors (Lipinski definition) is 4. The summed E-state index contributed by atoms with van der Waals surface area (Å²) in [6, 6.07) is 7.13. The maximum Gasteiger partial charge on any atom is 0.358 e. The van der Waals surface area contributed by atoms with Gasteiger partial charge in [-0.05, 0) is 19.1 Å². The van der Waals surface area contributed by atoms with E-state index < -0.39 is 5.97 Å². The number of hydrogen-bond donors (Lipinski definition) is 1. The van der Waals surface area contributed by atoms with E-state index in [0.717, 1.165) is 0 Å². The Kier molecular flexibility index (Phi) is 2.78. The van der Waals surface area contributed by atoms with Crippen molar-refractivity contribution in [2.24, 2.45) is 0 Å². The van der Waals surface area contributed by atoms with E-state index >= 15 is 0 Å². The van der Waals surface area contributed by atoms with Crippen LogP contribution in [0.3, 0.4) is 0 Å². The van der Waals surface area contributed by atoms with Crippen LogP contribution >= 0.6 is 0 Å². The summed E-state index contributed by atoms with van der Waals surface area (Å²) in [5.74, 6) is -0.511. The molecule has 0 spiro atoms. The zero-order valence-electron chi connectivity index (χ0n) is 9.41. The van der Waals surface area contributed by atoms with E-state index in [4.69, 9.17) is 9.84 Å². The van der Waals surface area contributed by atoms with E-state index in [9.17, 15) is 4.79 Å². The molecule has 17 heavy (non-hydrogen) atoms.